The zero-order chi connectivity index (χ0) is 16.4. The van der Waals surface area contributed by atoms with Gasteiger partial charge in [-0.2, -0.15) is 0 Å². The van der Waals surface area contributed by atoms with Gasteiger partial charge in [-0.3, -0.25) is 9.69 Å². The van der Waals surface area contributed by atoms with E-state index in [0.717, 1.165) is 36.2 Å². The van der Waals surface area contributed by atoms with E-state index in [-0.39, 0.29) is 11.7 Å². The maximum Gasteiger partial charge on any atom is 0.278 e. The largest absolute Gasteiger partial charge is 0.313 e. The first-order valence-electron chi connectivity index (χ1n) is 7.93. The molecule has 0 aromatic heterocycles. The molecule has 0 bridgehead atoms. The van der Waals surface area contributed by atoms with Crippen molar-refractivity contribution in [3.05, 3.63) is 53.1 Å². The van der Waals surface area contributed by atoms with Gasteiger partial charge in [-0.15, -0.1) is 0 Å². The van der Waals surface area contributed by atoms with E-state index in [1.807, 2.05) is 0 Å². The van der Waals surface area contributed by atoms with Crippen molar-refractivity contribution in [1.29, 1.82) is 0 Å². The van der Waals surface area contributed by atoms with E-state index in [0.29, 0.717) is 12.2 Å². The summed E-state index contributed by atoms with van der Waals surface area (Å²) < 4.78 is 13.0. The molecule has 1 saturated heterocycles. The van der Waals surface area contributed by atoms with Crippen LogP contribution >= 0.6 is 0 Å². The molecule has 0 spiro atoms. The number of aliphatic imine (C=N–C) groups is 1. The van der Waals surface area contributed by atoms with Gasteiger partial charge < -0.3 is 4.90 Å². The average molecular weight is 314 g/mol. The zero-order valence-electron chi connectivity index (χ0n) is 13.5. The zero-order valence-corrected chi connectivity index (χ0v) is 13.5. The molecule has 3 rings (SSSR count). The molecule has 0 saturated carbocycles. The minimum atomic E-state index is -0.288. The van der Waals surface area contributed by atoms with Crippen molar-refractivity contribution in [3.8, 4) is 0 Å². The van der Waals surface area contributed by atoms with Crippen LogP contribution in [-0.4, -0.2) is 37.3 Å². The average Bonchev–Trinajstić information content (AvgIpc) is 2.68. The standard InChI is InChI=1S/C18H20FN3O/c1-21(2)12-14-5-3-4-10-22-17(14)20-16(18(22)23)11-13-6-8-15(19)9-7-13/h6-9,11-12H,3-5,10H2,1-2H3/p+1/b14-12+,16-11+. The number of carbonyl (C=O) groups is 1. The summed E-state index contributed by atoms with van der Waals surface area (Å²) in [6.45, 7) is 0.707. The number of rotatable bonds is 2. The maximum atomic E-state index is 13.0. The van der Waals surface area contributed by atoms with Gasteiger partial charge >= 0.3 is 0 Å². The number of nitrogens with one attached hydrogen (secondary N) is 1. The maximum absolute atomic E-state index is 13.0. The normalized spacial score (nSPS) is 21.8. The fourth-order valence-corrected chi connectivity index (χ4v) is 2.90. The molecule has 120 valence electrons. The molecule has 5 heteroatoms. The Kier molecular flexibility index (Phi) is 4.39. The second kappa shape index (κ2) is 6.46. The minimum Gasteiger partial charge on any atom is -0.313 e. The molecule has 1 aromatic rings. The number of quaternary nitrogens is 1. The Morgan fingerprint density at radius 3 is 2.65 bits per heavy atom. The van der Waals surface area contributed by atoms with Crippen molar-refractivity contribution in [3.63, 3.8) is 0 Å². The van der Waals surface area contributed by atoms with Crippen LogP contribution in [0.2, 0.25) is 0 Å². The Bertz CT molecular complexity index is 701. The molecule has 1 aromatic carbocycles. The van der Waals surface area contributed by atoms with E-state index in [4.69, 9.17) is 0 Å². The first kappa shape index (κ1) is 15.6. The van der Waals surface area contributed by atoms with Crippen molar-refractivity contribution in [2.45, 2.75) is 19.3 Å². The quantitative estimate of drug-likeness (QED) is 0.828. The van der Waals surface area contributed by atoms with Gasteiger partial charge in [0.05, 0.1) is 14.1 Å². The van der Waals surface area contributed by atoms with Gasteiger partial charge in [0.15, 0.2) is 0 Å². The Morgan fingerprint density at radius 2 is 1.96 bits per heavy atom. The summed E-state index contributed by atoms with van der Waals surface area (Å²) in [6.07, 6.45) is 6.83. The SMILES string of the molecule is C[NH+](C)/C=C1\CCCCN2C(=O)/C(=C\c3ccc(F)cc3)N=C12. The third-order valence-corrected chi connectivity index (χ3v) is 3.95. The fraction of sp³-hybridized carbons (Fsp3) is 0.333. The van der Waals surface area contributed by atoms with Gasteiger partial charge in [-0.05, 0) is 43.0 Å². The third kappa shape index (κ3) is 3.40. The van der Waals surface area contributed by atoms with E-state index in [2.05, 4.69) is 25.3 Å². The number of nitrogens with zero attached hydrogens (tertiary/aromatic N) is 2. The van der Waals surface area contributed by atoms with E-state index < -0.39 is 0 Å². The Hall–Kier alpha value is -2.27. The van der Waals surface area contributed by atoms with Crippen molar-refractivity contribution in [2.24, 2.45) is 4.99 Å². The predicted molar refractivity (Wildman–Crippen MR) is 88.3 cm³/mol. The first-order chi connectivity index (χ1) is 11.0. The number of halogens is 1. The van der Waals surface area contributed by atoms with Crippen molar-refractivity contribution < 1.29 is 14.1 Å². The van der Waals surface area contributed by atoms with Gasteiger partial charge in [0, 0.05) is 12.1 Å². The number of hydrogen-bond donors (Lipinski definition) is 1. The highest BCUT2D eigenvalue weighted by Gasteiger charge is 2.33. The summed E-state index contributed by atoms with van der Waals surface area (Å²) in [6, 6.07) is 6.08. The van der Waals surface area contributed by atoms with Crippen LogP contribution < -0.4 is 4.90 Å². The molecule has 4 nitrogen and oxygen atoms in total. The van der Waals surface area contributed by atoms with Crippen LogP contribution in [-0.2, 0) is 4.79 Å². The number of carbonyl (C=O) groups excluding carboxylic acids is 1. The monoisotopic (exact) mass is 314 g/mol. The van der Waals surface area contributed by atoms with Crippen molar-refractivity contribution in [2.75, 3.05) is 20.6 Å². The lowest BCUT2D eigenvalue weighted by molar-refractivity contribution is -0.801. The predicted octanol–water partition coefficient (Wildman–Crippen LogP) is 1.62. The number of fused-ring (bicyclic) bond motifs is 1. The second-order valence-electron chi connectivity index (χ2n) is 6.18. The smallest absolute Gasteiger partial charge is 0.278 e. The molecule has 0 atom stereocenters. The third-order valence-electron chi connectivity index (χ3n) is 3.95. The van der Waals surface area contributed by atoms with Gasteiger partial charge in [-0.25, -0.2) is 9.38 Å². The van der Waals surface area contributed by atoms with Gasteiger partial charge in [0.25, 0.3) is 5.91 Å². The number of amidine groups is 1. The molecule has 1 amide bonds. The summed E-state index contributed by atoms with van der Waals surface area (Å²) in [5.41, 5.74) is 2.33. The molecule has 2 heterocycles. The minimum absolute atomic E-state index is 0.0640. The molecule has 0 unspecified atom stereocenters. The van der Waals surface area contributed by atoms with Crippen LogP contribution in [0.1, 0.15) is 24.8 Å². The van der Waals surface area contributed by atoms with Crippen LogP contribution in [0.4, 0.5) is 4.39 Å². The van der Waals surface area contributed by atoms with Crippen LogP contribution in [0.25, 0.3) is 6.08 Å². The number of benzene rings is 1. The molecule has 23 heavy (non-hydrogen) atoms. The van der Waals surface area contributed by atoms with E-state index in [9.17, 15) is 9.18 Å². The molecular weight excluding hydrogens is 293 g/mol. The summed E-state index contributed by atoms with van der Waals surface area (Å²) >= 11 is 0. The molecule has 0 aliphatic carbocycles. The highest BCUT2D eigenvalue weighted by molar-refractivity contribution is 6.19. The van der Waals surface area contributed by atoms with Gasteiger partial charge in [-0.1, -0.05) is 12.1 Å². The summed E-state index contributed by atoms with van der Waals surface area (Å²) in [4.78, 5) is 20.2. The number of hydrogen-bond acceptors (Lipinski definition) is 2. The topological polar surface area (TPSA) is 37.1 Å². The summed E-state index contributed by atoms with van der Waals surface area (Å²) in [5, 5.41) is 0. The van der Waals surface area contributed by atoms with Crippen molar-refractivity contribution >= 4 is 17.8 Å². The Morgan fingerprint density at radius 1 is 1.22 bits per heavy atom. The summed E-state index contributed by atoms with van der Waals surface area (Å²) in [7, 11) is 4.10. The van der Waals surface area contributed by atoms with E-state index in [1.165, 1.54) is 17.0 Å². The Balaban J connectivity index is 1.98. The van der Waals surface area contributed by atoms with Gasteiger partial charge in [0.2, 0.25) is 0 Å². The second-order valence-corrected chi connectivity index (χ2v) is 6.18. The highest BCUT2D eigenvalue weighted by atomic mass is 19.1. The molecule has 0 radical (unpaired) electrons. The van der Waals surface area contributed by atoms with Crippen LogP contribution in [0.5, 0.6) is 0 Å². The lowest BCUT2D eigenvalue weighted by atomic mass is 10.1. The lowest BCUT2D eigenvalue weighted by Crippen LogP contribution is -3.00. The van der Waals surface area contributed by atoms with Crippen LogP contribution in [0, 0.1) is 5.82 Å². The molecule has 1 N–H and O–H groups in total. The molecular formula is C18H21FN3O+. The lowest BCUT2D eigenvalue weighted by Gasteiger charge is -2.15. The van der Waals surface area contributed by atoms with E-state index >= 15 is 0 Å². The highest BCUT2D eigenvalue weighted by Crippen LogP contribution is 2.26. The summed E-state index contributed by atoms with van der Waals surface area (Å²) in [5.74, 6) is 0.428. The molecule has 1 fully saturated rings. The van der Waals surface area contributed by atoms with Crippen LogP contribution in [0.15, 0.2) is 46.7 Å². The number of amides is 1. The first-order valence-corrected chi connectivity index (χ1v) is 7.93. The fourth-order valence-electron chi connectivity index (χ4n) is 2.90. The Labute approximate surface area is 135 Å². The molecule has 2 aliphatic rings. The van der Waals surface area contributed by atoms with Crippen LogP contribution in [0.3, 0.4) is 0 Å². The van der Waals surface area contributed by atoms with E-state index in [1.54, 1.807) is 23.1 Å². The van der Waals surface area contributed by atoms with Gasteiger partial charge in [0.1, 0.15) is 23.5 Å². The molecule has 2 aliphatic heterocycles. The van der Waals surface area contributed by atoms with Crippen molar-refractivity contribution in [1.82, 2.24) is 4.90 Å².